The summed E-state index contributed by atoms with van der Waals surface area (Å²) in [6.07, 6.45) is 4.47. The van der Waals surface area contributed by atoms with E-state index >= 15 is 0 Å². The van der Waals surface area contributed by atoms with E-state index in [4.69, 9.17) is 10.8 Å². The summed E-state index contributed by atoms with van der Waals surface area (Å²) in [5.74, 6) is 1.51. The van der Waals surface area contributed by atoms with Gasteiger partial charge in [-0.05, 0) is 18.6 Å². The molecule has 0 aliphatic carbocycles. The number of rotatable bonds is 1. The van der Waals surface area contributed by atoms with Crippen molar-refractivity contribution in [3.05, 3.63) is 35.4 Å². The van der Waals surface area contributed by atoms with Gasteiger partial charge in [0.2, 0.25) is 5.91 Å². The maximum absolute atomic E-state index is 10.6. The summed E-state index contributed by atoms with van der Waals surface area (Å²) in [7, 11) is 0. The van der Waals surface area contributed by atoms with Crippen LogP contribution >= 0.6 is 0 Å². The van der Waals surface area contributed by atoms with Gasteiger partial charge in [-0.15, -0.1) is 6.42 Å². The Bertz CT molecular complexity index is 339. The maximum atomic E-state index is 10.6. The Labute approximate surface area is 83.6 Å². The molecule has 0 atom stereocenters. The second-order valence-electron chi connectivity index (χ2n) is 2.53. The Balaban J connectivity index is 0.000000364. The minimum absolute atomic E-state index is 0.363. The standard InChI is InChI=1S/C8H9NO.C3H3O/c1-6-4-2-3-5-7(6)8(9)10;1-2-3-4/h2-5H,1H3,(H2,9,10);1H,3H2. The molecule has 2 N–H and O–H groups in total. The first kappa shape index (κ1) is 12.2. The molecule has 1 rings (SSSR count). The van der Waals surface area contributed by atoms with Crippen LogP contribution in [0.3, 0.4) is 0 Å². The average molecular weight is 190 g/mol. The van der Waals surface area contributed by atoms with E-state index in [9.17, 15) is 4.79 Å². The molecule has 0 bridgehead atoms. The fourth-order valence-electron chi connectivity index (χ4n) is 0.849. The van der Waals surface area contributed by atoms with Crippen molar-refractivity contribution >= 4 is 5.91 Å². The third-order valence-corrected chi connectivity index (χ3v) is 1.49. The van der Waals surface area contributed by atoms with Gasteiger partial charge < -0.3 is 5.73 Å². The lowest BCUT2D eigenvalue weighted by atomic mass is 10.1. The average Bonchev–Trinajstić information content (AvgIpc) is 2.18. The summed E-state index contributed by atoms with van der Waals surface area (Å²) < 4.78 is 0. The predicted octanol–water partition coefficient (Wildman–Crippen LogP) is 1.14. The van der Waals surface area contributed by atoms with Gasteiger partial charge >= 0.3 is 0 Å². The number of hydrogen-bond donors (Lipinski definition) is 1. The normalized spacial score (nSPS) is 8.07. The highest BCUT2D eigenvalue weighted by molar-refractivity contribution is 5.94. The molecule has 0 spiro atoms. The van der Waals surface area contributed by atoms with E-state index in [1.165, 1.54) is 0 Å². The molecule has 0 aliphatic heterocycles. The van der Waals surface area contributed by atoms with Gasteiger partial charge in [0.15, 0.2) is 0 Å². The third kappa shape index (κ3) is 4.29. The van der Waals surface area contributed by atoms with Crippen molar-refractivity contribution in [2.45, 2.75) is 6.92 Å². The number of carbonyl (C=O) groups excluding carboxylic acids is 1. The molecule has 3 nitrogen and oxygen atoms in total. The van der Waals surface area contributed by atoms with E-state index in [0.29, 0.717) is 5.56 Å². The van der Waals surface area contributed by atoms with Gasteiger partial charge in [-0.3, -0.25) is 4.79 Å². The lowest BCUT2D eigenvalue weighted by molar-refractivity contribution is 0.0999. The highest BCUT2D eigenvalue weighted by Gasteiger charge is 2.00. The fourth-order valence-corrected chi connectivity index (χ4v) is 0.849. The SMILES string of the molecule is C#CC[O].Cc1ccccc1C(N)=O. The Morgan fingerprint density at radius 2 is 2.00 bits per heavy atom. The van der Waals surface area contributed by atoms with Gasteiger partial charge in [0.1, 0.15) is 6.61 Å². The van der Waals surface area contributed by atoms with Gasteiger partial charge in [0, 0.05) is 5.56 Å². The molecule has 73 valence electrons. The first-order valence-corrected chi connectivity index (χ1v) is 4.00. The van der Waals surface area contributed by atoms with E-state index in [0.717, 1.165) is 5.56 Å². The van der Waals surface area contributed by atoms with Crippen molar-refractivity contribution in [1.29, 1.82) is 0 Å². The van der Waals surface area contributed by atoms with Gasteiger partial charge in [-0.25, -0.2) is 5.11 Å². The molecule has 0 unspecified atom stereocenters. The van der Waals surface area contributed by atoms with Crippen molar-refractivity contribution < 1.29 is 9.90 Å². The minimum atomic E-state index is -0.403. The summed E-state index contributed by atoms with van der Waals surface area (Å²) in [6.45, 7) is 1.46. The zero-order chi connectivity index (χ0) is 11.0. The summed E-state index contributed by atoms with van der Waals surface area (Å²) in [6, 6.07) is 7.26. The molecule has 0 aromatic heterocycles. The van der Waals surface area contributed by atoms with Crippen LogP contribution in [-0.4, -0.2) is 12.5 Å². The number of primary amides is 1. The Morgan fingerprint density at radius 1 is 1.50 bits per heavy atom. The van der Waals surface area contributed by atoms with E-state index in [2.05, 4.69) is 6.42 Å². The topological polar surface area (TPSA) is 63.0 Å². The lowest BCUT2D eigenvalue weighted by Crippen LogP contribution is -2.12. The zero-order valence-corrected chi connectivity index (χ0v) is 7.99. The van der Waals surface area contributed by atoms with Crippen LogP contribution in [0.2, 0.25) is 0 Å². The number of nitrogens with two attached hydrogens (primary N) is 1. The molecule has 0 aliphatic rings. The highest BCUT2D eigenvalue weighted by Crippen LogP contribution is 2.04. The van der Waals surface area contributed by atoms with Crippen LogP contribution in [0.1, 0.15) is 15.9 Å². The minimum Gasteiger partial charge on any atom is -0.366 e. The van der Waals surface area contributed by atoms with Gasteiger partial charge in [-0.2, -0.15) is 0 Å². The van der Waals surface area contributed by atoms with Crippen LogP contribution in [0.5, 0.6) is 0 Å². The number of aryl methyl sites for hydroxylation is 1. The molecule has 1 amide bonds. The molecule has 14 heavy (non-hydrogen) atoms. The highest BCUT2D eigenvalue weighted by atomic mass is 16.2. The van der Waals surface area contributed by atoms with Crippen molar-refractivity contribution in [2.24, 2.45) is 5.73 Å². The van der Waals surface area contributed by atoms with Crippen LogP contribution in [0.25, 0.3) is 0 Å². The van der Waals surface area contributed by atoms with Crippen LogP contribution in [0, 0.1) is 19.3 Å². The molecule has 1 radical (unpaired) electrons. The first-order chi connectivity index (χ1) is 6.63. The van der Waals surface area contributed by atoms with Gasteiger partial charge in [0.25, 0.3) is 0 Å². The largest absolute Gasteiger partial charge is 0.366 e. The zero-order valence-electron chi connectivity index (χ0n) is 7.99. The summed E-state index contributed by atoms with van der Waals surface area (Å²) in [5, 5.41) is 9.06. The fraction of sp³-hybridized carbons (Fsp3) is 0.182. The van der Waals surface area contributed by atoms with E-state index in [-0.39, 0.29) is 5.91 Å². The second kappa shape index (κ2) is 6.70. The Hall–Kier alpha value is -1.79. The van der Waals surface area contributed by atoms with Crippen molar-refractivity contribution in [2.75, 3.05) is 6.61 Å². The molecule has 0 fully saturated rings. The number of terminal acetylenes is 1. The molecular weight excluding hydrogens is 178 g/mol. The van der Waals surface area contributed by atoms with Crippen molar-refractivity contribution in [3.63, 3.8) is 0 Å². The molecule has 0 heterocycles. The van der Waals surface area contributed by atoms with Crippen molar-refractivity contribution in [1.82, 2.24) is 0 Å². The van der Waals surface area contributed by atoms with Gasteiger partial charge in [-0.1, -0.05) is 24.1 Å². The summed E-state index contributed by atoms with van der Waals surface area (Å²) in [5.41, 5.74) is 6.60. The van der Waals surface area contributed by atoms with Crippen LogP contribution < -0.4 is 5.73 Å². The molecule has 0 saturated carbocycles. The maximum Gasteiger partial charge on any atom is 0.248 e. The smallest absolute Gasteiger partial charge is 0.248 e. The van der Waals surface area contributed by atoms with Crippen LogP contribution in [0.4, 0.5) is 0 Å². The number of amides is 1. The molecular formula is C11H12NO2. The first-order valence-electron chi connectivity index (χ1n) is 4.00. The molecule has 3 heteroatoms. The van der Waals surface area contributed by atoms with Crippen LogP contribution in [0.15, 0.2) is 24.3 Å². The van der Waals surface area contributed by atoms with Crippen molar-refractivity contribution in [3.8, 4) is 12.3 Å². The Morgan fingerprint density at radius 3 is 2.29 bits per heavy atom. The molecule has 0 saturated heterocycles. The second-order valence-corrected chi connectivity index (χ2v) is 2.53. The number of hydrogen-bond acceptors (Lipinski definition) is 1. The third-order valence-electron chi connectivity index (χ3n) is 1.49. The molecule has 1 aromatic carbocycles. The van der Waals surface area contributed by atoms with E-state index in [1.54, 1.807) is 12.1 Å². The monoisotopic (exact) mass is 190 g/mol. The molecule has 1 aromatic rings. The van der Waals surface area contributed by atoms with E-state index < -0.39 is 6.61 Å². The van der Waals surface area contributed by atoms with E-state index in [1.807, 2.05) is 25.0 Å². The van der Waals surface area contributed by atoms with Gasteiger partial charge in [0.05, 0.1) is 0 Å². The quantitative estimate of drug-likeness (QED) is 0.663. The predicted molar refractivity (Wildman–Crippen MR) is 54.1 cm³/mol. The number of carbonyl (C=O) groups is 1. The lowest BCUT2D eigenvalue weighted by Gasteiger charge is -1.97. The van der Waals surface area contributed by atoms with Crippen LogP contribution in [-0.2, 0) is 5.11 Å². The Kier molecular flexibility index (Phi) is 5.84. The summed E-state index contributed by atoms with van der Waals surface area (Å²) >= 11 is 0. The summed E-state index contributed by atoms with van der Waals surface area (Å²) in [4.78, 5) is 10.6. The number of benzene rings is 1.